The molecule has 0 bridgehead atoms. The zero-order valence-corrected chi connectivity index (χ0v) is 68.3. The standard InChI is InChI=1S/C82H160O17P2/c1-72(2)58-50-42-34-27-21-16-13-11-9-10-12-14-18-24-31-39-48-56-64-81(86)98-77(68-92-79(84)62-54-46-38-30-26-20-23-29-36-44-52-60-74(5)6)70-96-100(88,89)94-66-76(83)67-95-101(90,91)97-71-78(69-93-80(85)63-55-47-41-33-37-45-53-61-75(7)8)99-82(87)65-57-49-40-32-25-19-15-17-22-28-35-43-51-59-73(3)4/h72-78,83H,9-71H2,1-8H3,(H,88,89)(H,90,91)/t76?,77-,78-/m1/s1. The van der Waals surface area contributed by atoms with Crippen LogP contribution in [0.5, 0.6) is 0 Å². The quantitative estimate of drug-likeness (QED) is 0.0222. The number of ether oxygens (including phenoxy) is 4. The lowest BCUT2D eigenvalue weighted by Gasteiger charge is -2.21. The highest BCUT2D eigenvalue weighted by Crippen LogP contribution is 2.45. The molecule has 600 valence electrons. The summed E-state index contributed by atoms with van der Waals surface area (Å²) in [6.07, 6.45) is 58.4. The molecule has 0 spiro atoms. The molecule has 0 radical (unpaired) electrons. The van der Waals surface area contributed by atoms with Crippen molar-refractivity contribution in [3.8, 4) is 0 Å². The number of aliphatic hydroxyl groups is 1. The molecule has 0 saturated heterocycles. The molecule has 19 heteroatoms. The van der Waals surface area contributed by atoms with Gasteiger partial charge in [-0.3, -0.25) is 37.3 Å². The van der Waals surface area contributed by atoms with Gasteiger partial charge in [-0.15, -0.1) is 0 Å². The van der Waals surface area contributed by atoms with E-state index in [9.17, 15) is 43.2 Å². The average Bonchev–Trinajstić information content (AvgIpc) is 0.930. The summed E-state index contributed by atoms with van der Waals surface area (Å²) in [4.78, 5) is 73.0. The molecule has 0 heterocycles. The molecular formula is C82H160O17P2. The Labute approximate surface area is 619 Å². The van der Waals surface area contributed by atoms with Crippen molar-refractivity contribution in [3.63, 3.8) is 0 Å². The van der Waals surface area contributed by atoms with Crippen molar-refractivity contribution >= 4 is 39.5 Å². The fourth-order valence-electron chi connectivity index (χ4n) is 12.6. The molecule has 3 unspecified atom stereocenters. The van der Waals surface area contributed by atoms with Crippen LogP contribution in [0.1, 0.15) is 421 Å². The van der Waals surface area contributed by atoms with E-state index >= 15 is 0 Å². The van der Waals surface area contributed by atoms with Crippen LogP contribution < -0.4 is 0 Å². The number of aliphatic hydroxyl groups excluding tert-OH is 1. The van der Waals surface area contributed by atoms with Crippen LogP contribution >= 0.6 is 15.6 Å². The molecule has 0 aromatic heterocycles. The van der Waals surface area contributed by atoms with E-state index < -0.39 is 97.5 Å². The number of hydrogen-bond acceptors (Lipinski definition) is 15. The summed E-state index contributed by atoms with van der Waals surface area (Å²) in [5.41, 5.74) is 0. The summed E-state index contributed by atoms with van der Waals surface area (Å²) >= 11 is 0. The highest BCUT2D eigenvalue weighted by molar-refractivity contribution is 7.47. The number of unbranched alkanes of at least 4 members (excludes halogenated alkanes) is 45. The van der Waals surface area contributed by atoms with Gasteiger partial charge in [0.05, 0.1) is 26.4 Å². The lowest BCUT2D eigenvalue weighted by Crippen LogP contribution is -2.30. The zero-order chi connectivity index (χ0) is 74.6. The van der Waals surface area contributed by atoms with E-state index in [4.69, 9.17) is 37.0 Å². The molecule has 0 fully saturated rings. The first-order valence-electron chi connectivity index (χ1n) is 42.2. The van der Waals surface area contributed by atoms with Crippen LogP contribution in [0.3, 0.4) is 0 Å². The minimum absolute atomic E-state index is 0.106. The van der Waals surface area contributed by atoms with Gasteiger partial charge in [0.15, 0.2) is 12.2 Å². The summed E-state index contributed by atoms with van der Waals surface area (Å²) in [5.74, 6) is 0.969. The monoisotopic (exact) mass is 1480 g/mol. The van der Waals surface area contributed by atoms with Gasteiger partial charge in [-0.05, 0) is 49.4 Å². The Morgan fingerprint density at radius 1 is 0.248 bits per heavy atom. The van der Waals surface area contributed by atoms with Gasteiger partial charge in [0.2, 0.25) is 0 Å². The third kappa shape index (κ3) is 76.1. The Balaban J connectivity index is 5.22. The number of rotatable bonds is 79. The average molecular weight is 1480 g/mol. The van der Waals surface area contributed by atoms with Crippen LogP contribution in [-0.2, 0) is 65.4 Å². The van der Waals surface area contributed by atoms with Crippen molar-refractivity contribution in [3.05, 3.63) is 0 Å². The first-order chi connectivity index (χ1) is 48.6. The topological polar surface area (TPSA) is 237 Å². The van der Waals surface area contributed by atoms with Gasteiger partial charge < -0.3 is 33.8 Å². The van der Waals surface area contributed by atoms with Gasteiger partial charge in [0.1, 0.15) is 19.3 Å². The van der Waals surface area contributed by atoms with Gasteiger partial charge in [-0.2, -0.15) is 0 Å². The van der Waals surface area contributed by atoms with Crippen molar-refractivity contribution < 1.29 is 80.2 Å². The van der Waals surface area contributed by atoms with Crippen LogP contribution in [0.25, 0.3) is 0 Å². The van der Waals surface area contributed by atoms with Gasteiger partial charge in [-0.1, -0.05) is 370 Å². The molecular weight excluding hydrogens is 1320 g/mol. The smallest absolute Gasteiger partial charge is 0.462 e. The number of hydrogen-bond donors (Lipinski definition) is 3. The minimum atomic E-state index is -4.96. The Hall–Kier alpha value is -1.94. The van der Waals surface area contributed by atoms with Gasteiger partial charge in [-0.25, -0.2) is 9.13 Å². The molecule has 0 aliphatic rings. The zero-order valence-electron chi connectivity index (χ0n) is 66.5. The van der Waals surface area contributed by atoms with E-state index in [1.807, 2.05) is 0 Å². The normalized spacial score (nSPS) is 14.0. The SMILES string of the molecule is CC(C)CCCCCCCCCCCCCCCCCCCCC(=O)O[C@H](COC(=O)CCCCCCCCCCCCCC(C)C)COP(=O)(O)OCC(O)COP(=O)(O)OC[C@@H](COC(=O)CCCCCCCCCC(C)C)OC(=O)CCCCCCCCCCCCCCCC(C)C. The number of carbonyl (C=O) groups is 4. The third-order valence-corrected chi connectivity index (χ3v) is 21.0. The highest BCUT2D eigenvalue weighted by Gasteiger charge is 2.30. The molecule has 101 heavy (non-hydrogen) atoms. The maximum atomic E-state index is 13.1. The molecule has 0 aromatic rings. The molecule has 0 aliphatic heterocycles. The predicted octanol–water partition coefficient (Wildman–Crippen LogP) is 24.4. The van der Waals surface area contributed by atoms with Gasteiger partial charge in [0, 0.05) is 25.7 Å². The van der Waals surface area contributed by atoms with E-state index in [-0.39, 0.29) is 25.7 Å². The Morgan fingerprint density at radius 2 is 0.416 bits per heavy atom. The molecule has 0 aliphatic carbocycles. The van der Waals surface area contributed by atoms with Crippen molar-refractivity contribution in [2.75, 3.05) is 39.6 Å². The lowest BCUT2D eigenvalue weighted by molar-refractivity contribution is -0.161. The predicted molar refractivity (Wildman–Crippen MR) is 414 cm³/mol. The Kier molecular flexibility index (Phi) is 69.6. The van der Waals surface area contributed by atoms with Crippen LogP contribution in [0.4, 0.5) is 0 Å². The van der Waals surface area contributed by atoms with E-state index in [1.165, 1.54) is 218 Å². The minimum Gasteiger partial charge on any atom is -0.462 e. The second kappa shape index (κ2) is 71.0. The number of carbonyl (C=O) groups excluding carboxylic acids is 4. The van der Waals surface area contributed by atoms with Crippen LogP contribution in [0.2, 0.25) is 0 Å². The first kappa shape index (κ1) is 99.1. The lowest BCUT2D eigenvalue weighted by atomic mass is 10.0. The maximum absolute atomic E-state index is 13.1. The molecule has 17 nitrogen and oxygen atoms in total. The van der Waals surface area contributed by atoms with E-state index in [1.54, 1.807) is 0 Å². The van der Waals surface area contributed by atoms with E-state index in [0.29, 0.717) is 31.6 Å². The molecule has 0 saturated carbocycles. The maximum Gasteiger partial charge on any atom is 0.472 e. The second-order valence-corrected chi connectivity index (χ2v) is 34.3. The van der Waals surface area contributed by atoms with E-state index in [2.05, 4.69) is 55.4 Å². The largest absolute Gasteiger partial charge is 0.472 e. The third-order valence-electron chi connectivity index (χ3n) is 19.1. The van der Waals surface area contributed by atoms with Crippen molar-refractivity contribution in [2.24, 2.45) is 23.7 Å². The molecule has 3 N–H and O–H groups in total. The molecule has 0 aromatic carbocycles. The summed E-state index contributed by atoms with van der Waals surface area (Å²) in [5, 5.41) is 10.6. The van der Waals surface area contributed by atoms with Crippen molar-refractivity contribution in [1.82, 2.24) is 0 Å². The highest BCUT2D eigenvalue weighted by atomic mass is 31.2. The number of phosphoric ester groups is 2. The molecule has 5 atom stereocenters. The summed E-state index contributed by atoms with van der Waals surface area (Å²) in [6.45, 7) is 14.3. The summed E-state index contributed by atoms with van der Waals surface area (Å²) < 4.78 is 68.7. The van der Waals surface area contributed by atoms with Gasteiger partial charge in [0.25, 0.3) is 0 Å². The fraction of sp³-hybridized carbons (Fsp3) is 0.951. The number of esters is 4. The Morgan fingerprint density at radius 3 is 0.614 bits per heavy atom. The first-order valence-corrected chi connectivity index (χ1v) is 45.2. The second-order valence-electron chi connectivity index (χ2n) is 31.4. The van der Waals surface area contributed by atoms with Crippen molar-refractivity contribution in [2.45, 2.75) is 440 Å². The summed E-state index contributed by atoms with van der Waals surface area (Å²) in [7, 11) is -9.92. The van der Waals surface area contributed by atoms with Crippen LogP contribution in [0, 0.1) is 23.7 Å². The van der Waals surface area contributed by atoms with Crippen LogP contribution in [0.15, 0.2) is 0 Å². The van der Waals surface area contributed by atoms with Crippen molar-refractivity contribution in [1.29, 1.82) is 0 Å². The summed E-state index contributed by atoms with van der Waals surface area (Å²) in [6, 6.07) is 0. The Bertz CT molecular complexity index is 1970. The number of phosphoric acid groups is 2. The van der Waals surface area contributed by atoms with E-state index in [0.717, 1.165) is 114 Å². The van der Waals surface area contributed by atoms with Gasteiger partial charge >= 0.3 is 39.5 Å². The molecule has 0 amide bonds. The molecule has 0 rings (SSSR count). The fourth-order valence-corrected chi connectivity index (χ4v) is 14.2. The van der Waals surface area contributed by atoms with Crippen LogP contribution in [-0.4, -0.2) is 96.7 Å².